The average molecular weight is 308 g/mol. The summed E-state index contributed by atoms with van der Waals surface area (Å²) >= 11 is 5.94. The van der Waals surface area contributed by atoms with E-state index in [1.54, 1.807) is 18.3 Å². The molecule has 0 aliphatic rings. The minimum Gasteiger partial charge on any atom is -0.369 e. The van der Waals surface area contributed by atoms with Crippen LogP contribution in [0.2, 0.25) is 5.02 Å². The zero-order chi connectivity index (χ0) is 15.2. The van der Waals surface area contributed by atoms with Crippen LogP contribution in [0.1, 0.15) is 23.7 Å². The van der Waals surface area contributed by atoms with Crippen LogP contribution < -0.4 is 10.6 Å². The number of aromatic nitrogens is 1. The number of pyridine rings is 1. The third-order valence-corrected chi connectivity index (χ3v) is 3.10. The zero-order valence-electron chi connectivity index (χ0n) is 11.5. The van der Waals surface area contributed by atoms with Crippen molar-refractivity contribution in [2.24, 2.45) is 0 Å². The SMILES string of the molecule is CCCNc1ncccc1C(=O)Nc1cc(F)ccc1Cl. The van der Waals surface area contributed by atoms with Gasteiger partial charge in [0.1, 0.15) is 11.6 Å². The van der Waals surface area contributed by atoms with Gasteiger partial charge in [0.15, 0.2) is 0 Å². The number of anilines is 2. The van der Waals surface area contributed by atoms with Crippen molar-refractivity contribution in [2.45, 2.75) is 13.3 Å². The first-order valence-electron chi connectivity index (χ1n) is 6.57. The van der Waals surface area contributed by atoms with Crippen molar-refractivity contribution in [1.82, 2.24) is 4.98 Å². The van der Waals surface area contributed by atoms with Crippen molar-refractivity contribution < 1.29 is 9.18 Å². The Hall–Kier alpha value is -2.14. The Morgan fingerprint density at radius 3 is 2.95 bits per heavy atom. The summed E-state index contributed by atoms with van der Waals surface area (Å²) in [5.74, 6) is -0.371. The van der Waals surface area contributed by atoms with E-state index < -0.39 is 11.7 Å². The van der Waals surface area contributed by atoms with E-state index in [2.05, 4.69) is 15.6 Å². The lowest BCUT2D eigenvalue weighted by atomic mass is 10.2. The summed E-state index contributed by atoms with van der Waals surface area (Å²) in [5.41, 5.74) is 0.609. The molecule has 0 radical (unpaired) electrons. The number of nitrogens with one attached hydrogen (secondary N) is 2. The van der Waals surface area contributed by atoms with E-state index in [-0.39, 0.29) is 10.7 Å². The molecule has 0 fully saturated rings. The maximum absolute atomic E-state index is 13.2. The van der Waals surface area contributed by atoms with Crippen molar-refractivity contribution in [3.05, 3.63) is 52.9 Å². The summed E-state index contributed by atoms with van der Waals surface area (Å²) in [6.45, 7) is 2.72. The molecule has 21 heavy (non-hydrogen) atoms. The molecule has 0 unspecified atom stereocenters. The van der Waals surface area contributed by atoms with E-state index in [9.17, 15) is 9.18 Å². The van der Waals surface area contributed by atoms with Gasteiger partial charge in [-0.1, -0.05) is 18.5 Å². The van der Waals surface area contributed by atoms with Gasteiger partial charge < -0.3 is 10.6 Å². The monoisotopic (exact) mass is 307 g/mol. The van der Waals surface area contributed by atoms with Crippen LogP contribution >= 0.6 is 11.6 Å². The molecule has 2 N–H and O–H groups in total. The van der Waals surface area contributed by atoms with Crippen molar-refractivity contribution in [3.63, 3.8) is 0 Å². The maximum Gasteiger partial charge on any atom is 0.259 e. The van der Waals surface area contributed by atoms with Gasteiger partial charge in [-0.15, -0.1) is 0 Å². The fourth-order valence-electron chi connectivity index (χ4n) is 1.76. The Morgan fingerprint density at radius 1 is 1.38 bits per heavy atom. The molecule has 0 bridgehead atoms. The van der Waals surface area contributed by atoms with E-state index >= 15 is 0 Å². The van der Waals surface area contributed by atoms with Gasteiger partial charge in [0.2, 0.25) is 0 Å². The number of rotatable bonds is 5. The fraction of sp³-hybridized carbons (Fsp3) is 0.200. The molecule has 110 valence electrons. The summed E-state index contributed by atoms with van der Waals surface area (Å²) < 4.78 is 13.2. The molecule has 2 aromatic rings. The van der Waals surface area contributed by atoms with Crippen molar-refractivity contribution >= 4 is 29.0 Å². The van der Waals surface area contributed by atoms with Gasteiger partial charge in [-0.05, 0) is 36.8 Å². The van der Waals surface area contributed by atoms with Gasteiger partial charge in [0.05, 0.1) is 16.3 Å². The molecular formula is C15H15ClFN3O. The molecule has 0 saturated carbocycles. The predicted molar refractivity (Wildman–Crippen MR) is 82.4 cm³/mol. The molecule has 0 saturated heterocycles. The first-order valence-corrected chi connectivity index (χ1v) is 6.95. The highest BCUT2D eigenvalue weighted by atomic mass is 35.5. The molecule has 4 nitrogen and oxygen atoms in total. The van der Waals surface area contributed by atoms with Gasteiger partial charge >= 0.3 is 0 Å². The smallest absolute Gasteiger partial charge is 0.259 e. The van der Waals surface area contributed by atoms with Crippen LogP contribution in [0, 0.1) is 5.82 Å². The number of carbonyl (C=O) groups excluding carboxylic acids is 1. The summed E-state index contributed by atoms with van der Waals surface area (Å²) in [5, 5.41) is 5.94. The quantitative estimate of drug-likeness (QED) is 0.879. The minimum absolute atomic E-state index is 0.229. The first kappa shape index (κ1) is 15.3. The molecule has 2 rings (SSSR count). The highest BCUT2D eigenvalue weighted by Gasteiger charge is 2.14. The number of halogens is 2. The molecule has 1 heterocycles. The largest absolute Gasteiger partial charge is 0.369 e. The lowest BCUT2D eigenvalue weighted by molar-refractivity contribution is 0.102. The van der Waals surface area contributed by atoms with E-state index in [0.717, 1.165) is 6.42 Å². The van der Waals surface area contributed by atoms with Crippen molar-refractivity contribution in [3.8, 4) is 0 Å². The van der Waals surface area contributed by atoms with E-state index in [1.165, 1.54) is 18.2 Å². The van der Waals surface area contributed by atoms with Crippen LogP contribution in [-0.4, -0.2) is 17.4 Å². The van der Waals surface area contributed by atoms with Gasteiger partial charge in [0, 0.05) is 12.7 Å². The second-order valence-corrected chi connectivity index (χ2v) is 4.81. The number of nitrogens with zero attached hydrogens (tertiary/aromatic N) is 1. The Kier molecular flexibility index (Phi) is 5.11. The molecule has 0 spiro atoms. The Bertz CT molecular complexity index is 649. The maximum atomic E-state index is 13.2. The normalized spacial score (nSPS) is 10.2. The fourth-order valence-corrected chi connectivity index (χ4v) is 1.92. The van der Waals surface area contributed by atoms with Crippen LogP contribution in [0.4, 0.5) is 15.9 Å². The third kappa shape index (κ3) is 3.92. The molecule has 0 aliphatic carbocycles. The summed E-state index contributed by atoms with van der Waals surface area (Å²) in [7, 11) is 0. The lowest BCUT2D eigenvalue weighted by Crippen LogP contribution is -2.16. The van der Waals surface area contributed by atoms with Gasteiger partial charge in [-0.3, -0.25) is 4.79 Å². The first-order chi connectivity index (χ1) is 10.1. The highest BCUT2D eigenvalue weighted by molar-refractivity contribution is 6.34. The number of amides is 1. The number of benzene rings is 1. The predicted octanol–water partition coefficient (Wildman–Crippen LogP) is 3.95. The standard InChI is InChI=1S/C15H15ClFN3O/c1-2-7-18-14-11(4-3-8-19-14)15(21)20-13-9-10(17)5-6-12(13)16/h3-6,8-9H,2,7H2,1H3,(H,18,19)(H,20,21). The van der Waals surface area contributed by atoms with Gasteiger partial charge in [-0.2, -0.15) is 0 Å². The van der Waals surface area contributed by atoms with Crippen LogP contribution in [0.15, 0.2) is 36.5 Å². The Morgan fingerprint density at radius 2 is 2.19 bits per heavy atom. The Labute approximate surface area is 127 Å². The van der Waals surface area contributed by atoms with Crippen LogP contribution in [-0.2, 0) is 0 Å². The van der Waals surface area contributed by atoms with Crippen LogP contribution in [0.25, 0.3) is 0 Å². The van der Waals surface area contributed by atoms with E-state index in [0.29, 0.717) is 17.9 Å². The molecule has 0 aliphatic heterocycles. The summed E-state index contributed by atoms with van der Waals surface area (Å²) in [6, 6.07) is 7.12. The van der Waals surface area contributed by atoms with E-state index in [4.69, 9.17) is 11.6 Å². The molecular weight excluding hydrogens is 293 g/mol. The van der Waals surface area contributed by atoms with E-state index in [1.807, 2.05) is 6.92 Å². The number of hydrogen-bond donors (Lipinski definition) is 2. The second kappa shape index (κ2) is 7.04. The van der Waals surface area contributed by atoms with Crippen molar-refractivity contribution in [1.29, 1.82) is 0 Å². The zero-order valence-corrected chi connectivity index (χ0v) is 12.2. The molecule has 1 aromatic heterocycles. The number of hydrogen-bond acceptors (Lipinski definition) is 3. The molecule has 0 atom stereocenters. The summed E-state index contributed by atoms with van der Waals surface area (Å²) in [6.07, 6.45) is 2.51. The van der Waals surface area contributed by atoms with Crippen LogP contribution in [0.3, 0.4) is 0 Å². The third-order valence-electron chi connectivity index (χ3n) is 2.77. The topological polar surface area (TPSA) is 54.0 Å². The molecule has 1 aromatic carbocycles. The summed E-state index contributed by atoms with van der Waals surface area (Å²) in [4.78, 5) is 16.4. The van der Waals surface area contributed by atoms with Gasteiger partial charge in [-0.25, -0.2) is 9.37 Å². The second-order valence-electron chi connectivity index (χ2n) is 4.40. The molecule has 1 amide bonds. The highest BCUT2D eigenvalue weighted by Crippen LogP contribution is 2.24. The molecule has 6 heteroatoms. The van der Waals surface area contributed by atoms with Gasteiger partial charge in [0.25, 0.3) is 5.91 Å². The van der Waals surface area contributed by atoms with Crippen LogP contribution in [0.5, 0.6) is 0 Å². The average Bonchev–Trinajstić information content (AvgIpc) is 2.49. The Balaban J connectivity index is 2.22. The lowest BCUT2D eigenvalue weighted by Gasteiger charge is -2.11. The number of carbonyl (C=O) groups is 1. The van der Waals surface area contributed by atoms with Crippen molar-refractivity contribution in [2.75, 3.05) is 17.2 Å². The minimum atomic E-state index is -0.467.